The summed E-state index contributed by atoms with van der Waals surface area (Å²) in [5.41, 5.74) is 1.54. The highest BCUT2D eigenvalue weighted by Crippen LogP contribution is 2.34. The Morgan fingerprint density at radius 2 is 1.79 bits per heavy atom. The molecule has 0 aromatic heterocycles. The Hall–Kier alpha value is -3.00. The third kappa shape index (κ3) is 4.45. The molecule has 3 amide bonds. The van der Waals surface area contributed by atoms with E-state index in [0.29, 0.717) is 35.8 Å². The Morgan fingerprint density at radius 3 is 2.39 bits per heavy atom. The number of carbonyl (C=O) groups is 3. The first kappa shape index (κ1) is 19.8. The van der Waals surface area contributed by atoms with E-state index in [0.717, 1.165) is 11.3 Å². The SMILES string of the molecule is COc1ccc(NC(=O)C(=O)Nc2cccc(SC)c2)cc1N1CCCC1=O. The van der Waals surface area contributed by atoms with Crippen molar-refractivity contribution in [1.29, 1.82) is 0 Å². The molecule has 0 spiro atoms. The predicted octanol–water partition coefficient (Wildman–Crippen LogP) is 3.12. The highest BCUT2D eigenvalue weighted by molar-refractivity contribution is 7.98. The van der Waals surface area contributed by atoms with E-state index in [4.69, 9.17) is 4.74 Å². The molecule has 1 aliphatic heterocycles. The average molecular weight is 399 g/mol. The Morgan fingerprint density at radius 1 is 1.07 bits per heavy atom. The summed E-state index contributed by atoms with van der Waals surface area (Å²) in [7, 11) is 1.52. The van der Waals surface area contributed by atoms with Crippen LogP contribution in [0.3, 0.4) is 0 Å². The van der Waals surface area contributed by atoms with Gasteiger partial charge in [0.15, 0.2) is 0 Å². The molecule has 2 N–H and O–H groups in total. The van der Waals surface area contributed by atoms with Crippen LogP contribution >= 0.6 is 11.8 Å². The van der Waals surface area contributed by atoms with E-state index < -0.39 is 11.8 Å². The second-order valence-electron chi connectivity index (χ2n) is 6.18. The average Bonchev–Trinajstić information content (AvgIpc) is 3.13. The second-order valence-corrected chi connectivity index (χ2v) is 7.06. The predicted molar refractivity (Wildman–Crippen MR) is 110 cm³/mol. The quantitative estimate of drug-likeness (QED) is 0.596. The van der Waals surface area contributed by atoms with Crippen LogP contribution < -0.4 is 20.3 Å². The van der Waals surface area contributed by atoms with Crippen molar-refractivity contribution in [2.75, 3.05) is 35.4 Å². The largest absolute Gasteiger partial charge is 0.495 e. The molecule has 146 valence electrons. The topological polar surface area (TPSA) is 87.7 Å². The van der Waals surface area contributed by atoms with Crippen molar-refractivity contribution in [1.82, 2.24) is 0 Å². The molecule has 1 saturated heterocycles. The minimum absolute atomic E-state index is 0.00759. The van der Waals surface area contributed by atoms with Crippen molar-refractivity contribution >= 4 is 46.5 Å². The smallest absolute Gasteiger partial charge is 0.314 e. The fourth-order valence-electron chi connectivity index (χ4n) is 2.96. The minimum Gasteiger partial charge on any atom is -0.495 e. The molecule has 0 saturated carbocycles. The van der Waals surface area contributed by atoms with Crippen molar-refractivity contribution in [2.24, 2.45) is 0 Å². The molecule has 28 heavy (non-hydrogen) atoms. The summed E-state index contributed by atoms with van der Waals surface area (Å²) in [6.07, 6.45) is 3.19. The van der Waals surface area contributed by atoms with Crippen molar-refractivity contribution in [3.8, 4) is 5.75 Å². The number of amides is 3. The molecule has 8 heteroatoms. The fraction of sp³-hybridized carbons (Fsp3) is 0.250. The van der Waals surface area contributed by atoms with E-state index in [-0.39, 0.29) is 5.91 Å². The second kappa shape index (κ2) is 8.79. The standard InChI is InChI=1S/C20H21N3O4S/c1-27-17-9-8-14(12-16(17)23-10-4-7-18(23)24)22-20(26)19(25)21-13-5-3-6-15(11-13)28-2/h3,5-6,8-9,11-12H,4,7,10H2,1-2H3,(H,21,25)(H,22,26). The number of rotatable bonds is 5. The van der Waals surface area contributed by atoms with Crippen molar-refractivity contribution < 1.29 is 19.1 Å². The van der Waals surface area contributed by atoms with Crippen molar-refractivity contribution in [3.63, 3.8) is 0 Å². The summed E-state index contributed by atoms with van der Waals surface area (Å²) < 4.78 is 5.33. The number of nitrogens with one attached hydrogen (secondary N) is 2. The van der Waals surface area contributed by atoms with Gasteiger partial charge in [-0.2, -0.15) is 0 Å². The summed E-state index contributed by atoms with van der Waals surface area (Å²) in [5.74, 6) is -1.02. The minimum atomic E-state index is -0.793. The maximum absolute atomic E-state index is 12.3. The Bertz CT molecular complexity index is 916. The summed E-state index contributed by atoms with van der Waals surface area (Å²) in [4.78, 5) is 39.2. The number of thioether (sulfide) groups is 1. The van der Waals surface area contributed by atoms with Crippen LogP contribution in [0.25, 0.3) is 0 Å². The molecule has 7 nitrogen and oxygen atoms in total. The lowest BCUT2D eigenvalue weighted by Crippen LogP contribution is -2.29. The van der Waals surface area contributed by atoms with Crippen LogP contribution in [0.5, 0.6) is 5.75 Å². The van der Waals surface area contributed by atoms with Gasteiger partial charge in [0.2, 0.25) is 5.91 Å². The van der Waals surface area contributed by atoms with Gasteiger partial charge in [0, 0.05) is 29.2 Å². The van der Waals surface area contributed by atoms with E-state index in [2.05, 4.69) is 10.6 Å². The first-order valence-electron chi connectivity index (χ1n) is 8.76. The molecule has 2 aromatic rings. The van der Waals surface area contributed by atoms with Gasteiger partial charge < -0.3 is 20.3 Å². The number of nitrogens with zero attached hydrogens (tertiary/aromatic N) is 1. The van der Waals surface area contributed by atoms with Crippen LogP contribution in [0.15, 0.2) is 47.4 Å². The first-order valence-corrected chi connectivity index (χ1v) is 9.99. The Labute approximate surface area is 167 Å². The van der Waals surface area contributed by atoms with Gasteiger partial charge in [0.25, 0.3) is 0 Å². The third-order valence-electron chi connectivity index (χ3n) is 4.33. The number of hydrogen-bond acceptors (Lipinski definition) is 5. The van der Waals surface area contributed by atoms with E-state index in [1.807, 2.05) is 18.4 Å². The van der Waals surface area contributed by atoms with Crippen LogP contribution in [0.2, 0.25) is 0 Å². The summed E-state index contributed by atoms with van der Waals surface area (Å²) in [6, 6.07) is 12.2. The van der Waals surface area contributed by atoms with Crippen LogP contribution in [0.4, 0.5) is 17.1 Å². The summed E-state index contributed by atoms with van der Waals surface area (Å²) in [6.45, 7) is 0.596. The van der Waals surface area contributed by atoms with Crippen LogP contribution in [-0.4, -0.2) is 37.6 Å². The Kier molecular flexibility index (Phi) is 6.20. The zero-order valence-corrected chi connectivity index (χ0v) is 16.5. The molecule has 3 rings (SSSR count). The molecule has 2 aromatic carbocycles. The lowest BCUT2D eigenvalue weighted by molar-refractivity contribution is -0.133. The fourth-order valence-corrected chi connectivity index (χ4v) is 3.42. The summed E-state index contributed by atoms with van der Waals surface area (Å²) >= 11 is 1.54. The van der Waals surface area contributed by atoms with Crippen molar-refractivity contribution in [2.45, 2.75) is 17.7 Å². The van der Waals surface area contributed by atoms with Gasteiger partial charge in [-0.1, -0.05) is 6.07 Å². The molecule has 1 aliphatic rings. The van der Waals surface area contributed by atoms with Gasteiger partial charge in [-0.3, -0.25) is 14.4 Å². The number of hydrogen-bond donors (Lipinski definition) is 2. The number of carbonyl (C=O) groups excluding carboxylic acids is 3. The zero-order valence-electron chi connectivity index (χ0n) is 15.7. The van der Waals surface area contributed by atoms with E-state index in [1.54, 1.807) is 47.0 Å². The first-order chi connectivity index (χ1) is 13.5. The molecule has 0 unspecified atom stereocenters. The monoisotopic (exact) mass is 399 g/mol. The maximum Gasteiger partial charge on any atom is 0.314 e. The van der Waals surface area contributed by atoms with Gasteiger partial charge in [-0.25, -0.2) is 0 Å². The van der Waals surface area contributed by atoms with Gasteiger partial charge in [-0.15, -0.1) is 11.8 Å². The highest BCUT2D eigenvalue weighted by Gasteiger charge is 2.25. The van der Waals surface area contributed by atoms with E-state index in [1.165, 1.54) is 7.11 Å². The third-order valence-corrected chi connectivity index (χ3v) is 5.06. The maximum atomic E-state index is 12.3. The Balaban J connectivity index is 1.72. The zero-order chi connectivity index (χ0) is 20.1. The van der Waals surface area contributed by atoms with Gasteiger partial charge in [0.1, 0.15) is 5.75 Å². The molecular weight excluding hydrogens is 378 g/mol. The van der Waals surface area contributed by atoms with Gasteiger partial charge in [0.05, 0.1) is 12.8 Å². The molecule has 1 fully saturated rings. The van der Waals surface area contributed by atoms with Crippen LogP contribution in [0.1, 0.15) is 12.8 Å². The van der Waals surface area contributed by atoms with Gasteiger partial charge in [-0.05, 0) is 49.1 Å². The number of benzene rings is 2. The molecule has 0 aliphatic carbocycles. The van der Waals surface area contributed by atoms with E-state index >= 15 is 0 Å². The van der Waals surface area contributed by atoms with Crippen LogP contribution in [-0.2, 0) is 14.4 Å². The van der Waals surface area contributed by atoms with Gasteiger partial charge >= 0.3 is 11.8 Å². The van der Waals surface area contributed by atoms with E-state index in [9.17, 15) is 14.4 Å². The molecule has 0 bridgehead atoms. The number of anilines is 3. The highest BCUT2D eigenvalue weighted by atomic mass is 32.2. The molecular formula is C20H21N3O4S. The number of ether oxygens (including phenoxy) is 1. The molecule has 0 atom stereocenters. The molecule has 0 radical (unpaired) electrons. The lowest BCUT2D eigenvalue weighted by Gasteiger charge is -2.20. The lowest BCUT2D eigenvalue weighted by atomic mass is 10.2. The summed E-state index contributed by atoms with van der Waals surface area (Å²) in [5, 5.41) is 5.15. The van der Waals surface area contributed by atoms with Crippen LogP contribution in [0, 0.1) is 0 Å². The number of methoxy groups -OCH3 is 1. The van der Waals surface area contributed by atoms with Crippen molar-refractivity contribution in [3.05, 3.63) is 42.5 Å². The molecule has 1 heterocycles. The normalized spacial score (nSPS) is 13.4.